The molecule has 0 radical (unpaired) electrons. The summed E-state index contributed by atoms with van der Waals surface area (Å²) in [4.78, 5) is 0. The Bertz CT molecular complexity index is 415. The molecule has 4 nitrogen and oxygen atoms in total. The Balaban J connectivity index is 2.74. The molecule has 0 aliphatic carbocycles. The first-order valence-corrected chi connectivity index (χ1v) is 6.42. The van der Waals surface area contributed by atoms with E-state index in [2.05, 4.69) is 4.72 Å². The molecule has 0 fully saturated rings. The van der Waals surface area contributed by atoms with Crippen LogP contribution in [-0.4, -0.2) is 21.5 Å². The predicted octanol–water partition coefficient (Wildman–Crippen LogP) is 0.373. The minimum Gasteiger partial charge on any atom is -0.329 e. The Morgan fingerprint density at radius 2 is 2.00 bits per heavy atom. The van der Waals surface area contributed by atoms with Crippen molar-refractivity contribution in [1.82, 2.24) is 4.72 Å². The highest BCUT2D eigenvalue weighted by molar-refractivity contribution is 7.88. The van der Waals surface area contributed by atoms with Gasteiger partial charge in [-0.1, -0.05) is 24.3 Å². The van der Waals surface area contributed by atoms with Gasteiger partial charge in [-0.2, -0.15) is 0 Å². The van der Waals surface area contributed by atoms with Gasteiger partial charge >= 0.3 is 0 Å². The van der Waals surface area contributed by atoms with Crippen LogP contribution in [0.2, 0.25) is 0 Å². The second-order valence-electron chi connectivity index (χ2n) is 3.37. The maximum absolute atomic E-state index is 11.5. The number of aryl methyl sites for hydroxylation is 1. The zero-order valence-corrected chi connectivity index (χ0v) is 9.55. The number of nitrogens with two attached hydrogens (primary N) is 1. The molecule has 3 N–H and O–H groups in total. The van der Waals surface area contributed by atoms with Crippen LogP contribution in [0.1, 0.15) is 11.1 Å². The normalized spacial score (nSPS) is 11.6. The zero-order chi connectivity index (χ0) is 11.3. The fourth-order valence-electron chi connectivity index (χ4n) is 1.24. The molecular weight excluding hydrogens is 212 g/mol. The van der Waals surface area contributed by atoms with E-state index in [-0.39, 0.29) is 12.3 Å². The smallest absolute Gasteiger partial charge is 0.215 e. The highest BCUT2D eigenvalue weighted by atomic mass is 32.2. The summed E-state index contributed by atoms with van der Waals surface area (Å²) in [5.74, 6) is 0.0136. The number of rotatable bonds is 5. The highest BCUT2D eigenvalue weighted by Gasteiger charge is 2.11. The fraction of sp³-hybridized carbons (Fsp3) is 0.400. The minimum absolute atomic E-state index is 0.0136. The molecule has 0 heterocycles. The number of hydrogen-bond acceptors (Lipinski definition) is 3. The van der Waals surface area contributed by atoms with Crippen molar-refractivity contribution in [3.05, 3.63) is 35.4 Å². The van der Waals surface area contributed by atoms with Gasteiger partial charge in [0.2, 0.25) is 10.0 Å². The molecule has 5 heteroatoms. The molecule has 0 saturated carbocycles. The SMILES string of the molecule is Cc1ccccc1CS(=O)(=O)NCCN. The van der Waals surface area contributed by atoms with E-state index < -0.39 is 10.0 Å². The van der Waals surface area contributed by atoms with Crippen LogP contribution in [0.25, 0.3) is 0 Å². The first-order chi connectivity index (χ1) is 7.05. The van der Waals surface area contributed by atoms with E-state index in [1.54, 1.807) is 0 Å². The Morgan fingerprint density at radius 1 is 1.33 bits per heavy atom. The third-order valence-electron chi connectivity index (χ3n) is 2.07. The third kappa shape index (κ3) is 3.99. The molecule has 15 heavy (non-hydrogen) atoms. The Kier molecular flexibility index (Phi) is 4.26. The van der Waals surface area contributed by atoms with E-state index in [4.69, 9.17) is 5.73 Å². The predicted molar refractivity (Wildman–Crippen MR) is 60.9 cm³/mol. The van der Waals surface area contributed by atoms with Crippen molar-refractivity contribution in [3.63, 3.8) is 0 Å². The van der Waals surface area contributed by atoms with Crippen molar-refractivity contribution in [3.8, 4) is 0 Å². The van der Waals surface area contributed by atoms with Crippen LogP contribution in [0.3, 0.4) is 0 Å². The molecule has 1 rings (SSSR count). The lowest BCUT2D eigenvalue weighted by atomic mass is 10.1. The summed E-state index contributed by atoms with van der Waals surface area (Å²) >= 11 is 0. The second-order valence-corrected chi connectivity index (χ2v) is 5.18. The lowest BCUT2D eigenvalue weighted by Crippen LogP contribution is -2.30. The topological polar surface area (TPSA) is 72.2 Å². The van der Waals surface area contributed by atoms with Gasteiger partial charge in [-0.15, -0.1) is 0 Å². The lowest BCUT2D eigenvalue weighted by molar-refractivity contribution is 0.581. The quantitative estimate of drug-likeness (QED) is 0.765. The van der Waals surface area contributed by atoms with Crippen molar-refractivity contribution in [2.75, 3.05) is 13.1 Å². The molecule has 0 saturated heterocycles. The number of sulfonamides is 1. The van der Waals surface area contributed by atoms with Crippen LogP contribution in [0.15, 0.2) is 24.3 Å². The molecule has 0 atom stereocenters. The first kappa shape index (κ1) is 12.2. The van der Waals surface area contributed by atoms with E-state index in [1.807, 2.05) is 31.2 Å². The van der Waals surface area contributed by atoms with Crippen molar-refractivity contribution in [2.24, 2.45) is 5.73 Å². The van der Waals surface area contributed by atoms with E-state index in [0.29, 0.717) is 6.54 Å². The average molecular weight is 228 g/mol. The van der Waals surface area contributed by atoms with Gasteiger partial charge in [-0.25, -0.2) is 13.1 Å². The molecular formula is C10H16N2O2S. The Morgan fingerprint density at radius 3 is 2.60 bits per heavy atom. The maximum Gasteiger partial charge on any atom is 0.215 e. The second kappa shape index (κ2) is 5.25. The summed E-state index contributed by atoms with van der Waals surface area (Å²) in [6.07, 6.45) is 0. The van der Waals surface area contributed by atoms with Crippen LogP contribution in [0, 0.1) is 6.92 Å². The van der Waals surface area contributed by atoms with Crippen molar-refractivity contribution >= 4 is 10.0 Å². The summed E-state index contributed by atoms with van der Waals surface area (Å²) in [6, 6.07) is 7.43. The number of nitrogens with one attached hydrogen (secondary N) is 1. The van der Waals surface area contributed by atoms with Gasteiger partial charge in [0, 0.05) is 13.1 Å². The standard InChI is InChI=1S/C10H16N2O2S/c1-9-4-2-3-5-10(9)8-15(13,14)12-7-6-11/h2-5,12H,6-8,11H2,1H3. The van der Waals surface area contributed by atoms with Crippen LogP contribution in [-0.2, 0) is 15.8 Å². The Hall–Kier alpha value is -0.910. The zero-order valence-electron chi connectivity index (χ0n) is 8.73. The fourth-order valence-corrected chi connectivity index (χ4v) is 2.51. The van der Waals surface area contributed by atoms with E-state index in [1.165, 1.54) is 0 Å². The van der Waals surface area contributed by atoms with Gasteiger partial charge in [0.1, 0.15) is 0 Å². The van der Waals surface area contributed by atoms with E-state index in [9.17, 15) is 8.42 Å². The lowest BCUT2D eigenvalue weighted by Gasteiger charge is -2.07. The maximum atomic E-state index is 11.5. The molecule has 1 aromatic carbocycles. The summed E-state index contributed by atoms with van der Waals surface area (Å²) in [5.41, 5.74) is 7.04. The van der Waals surface area contributed by atoms with Crippen LogP contribution < -0.4 is 10.5 Å². The summed E-state index contributed by atoms with van der Waals surface area (Å²) in [6.45, 7) is 2.50. The van der Waals surface area contributed by atoms with Gasteiger partial charge in [-0.3, -0.25) is 0 Å². The van der Waals surface area contributed by atoms with Gasteiger partial charge in [-0.05, 0) is 18.1 Å². The van der Waals surface area contributed by atoms with Crippen LogP contribution in [0.5, 0.6) is 0 Å². The molecule has 0 spiro atoms. The van der Waals surface area contributed by atoms with Crippen molar-refractivity contribution in [2.45, 2.75) is 12.7 Å². The third-order valence-corrected chi connectivity index (χ3v) is 3.41. The molecule has 0 aliphatic rings. The molecule has 0 aromatic heterocycles. The van der Waals surface area contributed by atoms with Crippen molar-refractivity contribution < 1.29 is 8.42 Å². The van der Waals surface area contributed by atoms with Crippen LogP contribution >= 0.6 is 0 Å². The molecule has 84 valence electrons. The minimum atomic E-state index is -3.25. The summed E-state index contributed by atoms with van der Waals surface area (Å²) in [5, 5.41) is 0. The number of hydrogen-bond donors (Lipinski definition) is 2. The number of benzene rings is 1. The van der Waals surface area contributed by atoms with Gasteiger partial charge < -0.3 is 5.73 Å². The molecule has 1 aromatic rings. The van der Waals surface area contributed by atoms with Crippen molar-refractivity contribution in [1.29, 1.82) is 0 Å². The van der Waals surface area contributed by atoms with E-state index in [0.717, 1.165) is 11.1 Å². The van der Waals surface area contributed by atoms with Crippen LogP contribution in [0.4, 0.5) is 0 Å². The molecule has 0 aliphatic heterocycles. The largest absolute Gasteiger partial charge is 0.329 e. The molecule has 0 bridgehead atoms. The summed E-state index contributed by atoms with van der Waals surface area (Å²) < 4.78 is 25.5. The molecule has 0 amide bonds. The highest BCUT2D eigenvalue weighted by Crippen LogP contribution is 2.10. The van der Waals surface area contributed by atoms with E-state index >= 15 is 0 Å². The first-order valence-electron chi connectivity index (χ1n) is 4.77. The average Bonchev–Trinajstić information content (AvgIpc) is 2.18. The summed E-state index contributed by atoms with van der Waals surface area (Å²) in [7, 11) is -3.25. The van der Waals surface area contributed by atoms with Gasteiger partial charge in [0.25, 0.3) is 0 Å². The van der Waals surface area contributed by atoms with Gasteiger partial charge in [0.15, 0.2) is 0 Å². The Labute approximate surface area is 90.5 Å². The molecule has 0 unspecified atom stereocenters. The monoisotopic (exact) mass is 228 g/mol. The van der Waals surface area contributed by atoms with Gasteiger partial charge in [0.05, 0.1) is 5.75 Å².